The smallest absolute Gasteiger partial charge is 0.273 e. The van der Waals surface area contributed by atoms with Crippen LogP contribution in [0.25, 0.3) is 0 Å². The van der Waals surface area contributed by atoms with Gasteiger partial charge in [0.1, 0.15) is 5.69 Å². The van der Waals surface area contributed by atoms with Crippen LogP contribution < -0.4 is 9.47 Å². The topological polar surface area (TPSA) is 54.9 Å². The number of likely N-dealkylation sites (N-methyl/N-ethyl adjacent to an activating group) is 1. The number of nitrogens with zero attached hydrogens (tertiary/aromatic N) is 3. The fraction of sp³-hybridized carbons (Fsp3) is 0.500. The summed E-state index contributed by atoms with van der Waals surface area (Å²) in [6.07, 6.45) is 3.07. The predicted octanol–water partition coefficient (Wildman–Crippen LogP) is 2.94. The zero-order chi connectivity index (χ0) is 19.2. The molecule has 1 saturated heterocycles. The van der Waals surface area contributed by atoms with Crippen LogP contribution in [0.1, 0.15) is 28.9 Å². The Kier molecular flexibility index (Phi) is 6.68. The van der Waals surface area contributed by atoms with Crippen LogP contribution in [0.2, 0.25) is 0 Å². The number of piperidine rings is 1. The molecule has 0 radical (unpaired) electrons. The quantitative estimate of drug-likeness (QED) is 0.729. The van der Waals surface area contributed by atoms with Crippen molar-refractivity contribution in [3.05, 3.63) is 40.3 Å². The number of methoxy groups -OCH3 is 2. The molecule has 1 aromatic heterocycles. The van der Waals surface area contributed by atoms with Crippen molar-refractivity contribution in [1.29, 1.82) is 0 Å². The number of benzene rings is 1. The van der Waals surface area contributed by atoms with Crippen molar-refractivity contribution in [3.63, 3.8) is 0 Å². The van der Waals surface area contributed by atoms with Gasteiger partial charge in [-0.25, -0.2) is 4.98 Å². The zero-order valence-corrected chi connectivity index (χ0v) is 17.0. The van der Waals surface area contributed by atoms with E-state index in [2.05, 4.69) is 23.0 Å². The van der Waals surface area contributed by atoms with Crippen molar-refractivity contribution in [2.75, 3.05) is 40.9 Å². The number of rotatable bonds is 7. The highest BCUT2D eigenvalue weighted by Gasteiger charge is 2.27. The Balaban J connectivity index is 1.56. The third-order valence-corrected chi connectivity index (χ3v) is 5.75. The molecule has 0 N–H and O–H groups in total. The third kappa shape index (κ3) is 4.78. The summed E-state index contributed by atoms with van der Waals surface area (Å²) in [6.45, 7) is 2.51. The first-order valence-electron chi connectivity index (χ1n) is 9.21. The van der Waals surface area contributed by atoms with Crippen LogP contribution in [-0.4, -0.2) is 67.6 Å². The lowest BCUT2D eigenvalue weighted by molar-refractivity contribution is 0.0607. The number of hydrogen-bond donors (Lipinski definition) is 0. The van der Waals surface area contributed by atoms with Gasteiger partial charge in [-0.15, -0.1) is 11.3 Å². The molecule has 7 heteroatoms. The number of ether oxygens (including phenoxy) is 2. The molecule has 27 heavy (non-hydrogen) atoms. The van der Waals surface area contributed by atoms with Crippen molar-refractivity contribution in [2.45, 2.75) is 25.3 Å². The summed E-state index contributed by atoms with van der Waals surface area (Å²) in [5.74, 6) is 1.56. The van der Waals surface area contributed by atoms with Crippen molar-refractivity contribution >= 4 is 17.2 Å². The lowest BCUT2D eigenvalue weighted by Crippen LogP contribution is -2.49. The minimum atomic E-state index is 0.0502. The summed E-state index contributed by atoms with van der Waals surface area (Å²) in [5.41, 5.74) is 3.49. The second-order valence-electron chi connectivity index (χ2n) is 6.84. The summed E-state index contributed by atoms with van der Waals surface area (Å²) < 4.78 is 10.7. The van der Waals surface area contributed by atoms with Crippen LogP contribution in [-0.2, 0) is 6.42 Å². The van der Waals surface area contributed by atoms with E-state index >= 15 is 0 Å². The monoisotopic (exact) mass is 389 g/mol. The minimum absolute atomic E-state index is 0.0502. The molecular weight excluding hydrogens is 362 g/mol. The number of aromatic nitrogens is 1. The molecular formula is C20H27N3O3S. The van der Waals surface area contributed by atoms with Crippen LogP contribution in [0, 0.1) is 0 Å². The maximum Gasteiger partial charge on any atom is 0.273 e. The number of carbonyl (C=O) groups excluding carboxylic acids is 1. The van der Waals surface area contributed by atoms with Crippen molar-refractivity contribution in [3.8, 4) is 11.5 Å². The SMILES string of the molecule is COc1ccc(CCN(C)C2CCCN(C(=O)c3cscn3)C2)cc1OC. The molecule has 1 aliphatic heterocycles. The summed E-state index contributed by atoms with van der Waals surface area (Å²) in [6, 6.07) is 6.43. The Hall–Kier alpha value is -2.12. The van der Waals surface area contributed by atoms with E-state index in [9.17, 15) is 4.79 Å². The number of amides is 1. The van der Waals surface area contributed by atoms with E-state index in [0.717, 1.165) is 50.4 Å². The molecule has 1 aromatic carbocycles. The van der Waals surface area contributed by atoms with Gasteiger partial charge in [-0.2, -0.15) is 0 Å². The molecule has 3 rings (SSSR count). The Bertz CT molecular complexity index is 751. The molecule has 0 bridgehead atoms. The van der Waals surface area contributed by atoms with Gasteiger partial charge in [-0.05, 0) is 44.0 Å². The van der Waals surface area contributed by atoms with E-state index in [1.807, 2.05) is 22.4 Å². The highest BCUT2D eigenvalue weighted by molar-refractivity contribution is 7.07. The number of thiazole rings is 1. The van der Waals surface area contributed by atoms with E-state index in [-0.39, 0.29) is 5.91 Å². The fourth-order valence-corrected chi connectivity index (χ4v) is 4.03. The number of hydrogen-bond acceptors (Lipinski definition) is 6. The highest BCUT2D eigenvalue weighted by atomic mass is 32.1. The molecule has 1 atom stereocenters. The average Bonchev–Trinajstić information content (AvgIpc) is 3.26. The van der Waals surface area contributed by atoms with Gasteiger partial charge in [0.05, 0.1) is 19.7 Å². The second-order valence-corrected chi connectivity index (χ2v) is 7.56. The highest BCUT2D eigenvalue weighted by Crippen LogP contribution is 2.28. The van der Waals surface area contributed by atoms with E-state index in [4.69, 9.17) is 9.47 Å². The molecule has 1 aliphatic rings. The predicted molar refractivity (Wildman–Crippen MR) is 107 cm³/mol. The molecule has 0 saturated carbocycles. The fourth-order valence-electron chi connectivity index (χ4n) is 3.50. The molecule has 1 amide bonds. The molecule has 1 unspecified atom stereocenters. The zero-order valence-electron chi connectivity index (χ0n) is 16.2. The van der Waals surface area contributed by atoms with Crippen molar-refractivity contribution in [2.24, 2.45) is 0 Å². The Morgan fingerprint density at radius 2 is 2.15 bits per heavy atom. The van der Waals surface area contributed by atoms with Gasteiger partial charge in [-0.1, -0.05) is 6.07 Å². The summed E-state index contributed by atoms with van der Waals surface area (Å²) in [4.78, 5) is 21.0. The second kappa shape index (κ2) is 9.19. The van der Waals surface area contributed by atoms with Gasteiger partial charge in [-0.3, -0.25) is 4.79 Å². The van der Waals surface area contributed by atoms with Crippen molar-refractivity contribution < 1.29 is 14.3 Å². The van der Waals surface area contributed by atoms with E-state index < -0.39 is 0 Å². The minimum Gasteiger partial charge on any atom is -0.493 e. The number of carbonyl (C=O) groups is 1. The van der Waals surface area contributed by atoms with Gasteiger partial charge in [0.15, 0.2) is 11.5 Å². The molecule has 2 heterocycles. The molecule has 2 aromatic rings. The third-order valence-electron chi connectivity index (χ3n) is 5.16. The Morgan fingerprint density at radius 1 is 1.33 bits per heavy atom. The van der Waals surface area contributed by atoms with Crippen molar-refractivity contribution in [1.82, 2.24) is 14.8 Å². The first kappa shape index (κ1) is 19.6. The number of likely N-dealkylation sites (tertiary alicyclic amines) is 1. The standard InChI is InChI=1S/C20H27N3O3S/c1-22(10-8-15-6-7-18(25-2)19(11-15)26-3)16-5-4-9-23(12-16)20(24)17-13-27-14-21-17/h6-7,11,13-14,16H,4-5,8-10,12H2,1-3H3. The van der Waals surface area contributed by atoms with Gasteiger partial charge >= 0.3 is 0 Å². The van der Waals surface area contributed by atoms with Crippen LogP contribution in [0.15, 0.2) is 29.1 Å². The van der Waals surface area contributed by atoms with Gasteiger partial charge < -0.3 is 19.3 Å². The first-order chi connectivity index (χ1) is 13.1. The molecule has 1 fully saturated rings. The van der Waals surface area contributed by atoms with Gasteiger partial charge in [0, 0.05) is 31.1 Å². The Morgan fingerprint density at radius 3 is 2.85 bits per heavy atom. The van der Waals surface area contributed by atoms with E-state index in [1.165, 1.54) is 16.9 Å². The summed E-state index contributed by atoms with van der Waals surface area (Å²) in [7, 11) is 5.44. The van der Waals surface area contributed by atoms with E-state index in [0.29, 0.717) is 11.7 Å². The average molecular weight is 390 g/mol. The maximum absolute atomic E-state index is 12.6. The molecule has 146 valence electrons. The summed E-state index contributed by atoms with van der Waals surface area (Å²) in [5, 5.41) is 1.83. The molecule has 0 spiro atoms. The van der Waals surface area contributed by atoms with E-state index in [1.54, 1.807) is 19.7 Å². The maximum atomic E-state index is 12.6. The summed E-state index contributed by atoms with van der Waals surface area (Å²) >= 11 is 1.46. The Labute approximate surface area is 164 Å². The van der Waals surface area contributed by atoms with Crippen LogP contribution >= 0.6 is 11.3 Å². The molecule has 6 nitrogen and oxygen atoms in total. The van der Waals surface area contributed by atoms with Gasteiger partial charge in [0.25, 0.3) is 5.91 Å². The first-order valence-corrected chi connectivity index (χ1v) is 10.1. The van der Waals surface area contributed by atoms with Gasteiger partial charge in [0.2, 0.25) is 0 Å². The molecule has 0 aliphatic carbocycles. The normalized spacial score (nSPS) is 17.2. The lowest BCUT2D eigenvalue weighted by atomic mass is 10.0. The van der Waals surface area contributed by atoms with Crippen LogP contribution in [0.4, 0.5) is 0 Å². The van der Waals surface area contributed by atoms with Crippen LogP contribution in [0.3, 0.4) is 0 Å². The van der Waals surface area contributed by atoms with Crippen LogP contribution in [0.5, 0.6) is 11.5 Å². The largest absolute Gasteiger partial charge is 0.493 e. The lowest BCUT2D eigenvalue weighted by Gasteiger charge is -2.37.